The molecule has 0 aliphatic carbocycles. The zero-order chi connectivity index (χ0) is 20.5. The molecule has 0 atom stereocenters. The predicted octanol–water partition coefficient (Wildman–Crippen LogP) is 3.94. The highest BCUT2D eigenvalue weighted by Crippen LogP contribution is 2.25. The van der Waals surface area contributed by atoms with Crippen LogP contribution in [-0.2, 0) is 6.54 Å². The van der Waals surface area contributed by atoms with Gasteiger partial charge in [-0.2, -0.15) is 0 Å². The maximum Gasteiger partial charge on any atom is 0.291 e. The second-order valence-corrected chi connectivity index (χ2v) is 7.46. The normalized spacial score (nSPS) is 11.1. The van der Waals surface area contributed by atoms with Gasteiger partial charge < -0.3 is 10.3 Å². The minimum Gasteiger partial charge on any atom is -0.342 e. The lowest BCUT2D eigenvalue weighted by atomic mass is 10.3. The minimum atomic E-state index is -0.441. The number of hydrogen-bond donors (Lipinski definition) is 2. The number of thiophene rings is 1. The first-order chi connectivity index (χ1) is 14.7. The molecule has 1 amide bonds. The van der Waals surface area contributed by atoms with Gasteiger partial charge in [-0.05, 0) is 41.8 Å². The fourth-order valence-corrected chi connectivity index (χ4v) is 3.79. The summed E-state index contributed by atoms with van der Waals surface area (Å²) in [6.45, 7) is 0.205. The molecule has 148 valence electrons. The molecule has 0 unspecified atom stereocenters. The molecular formula is C21H15FN6OS. The third kappa shape index (κ3) is 3.46. The Hall–Kier alpha value is -3.85. The Bertz CT molecular complexity index is 1310. The Labute approximate surface area is 174 Å². The van der Waals surface area contributed by atoms with Crippen molar-refractivity contribution in [1.29, 1.82) is 0 Å². The van der Waals surface area contributed by atoms with Crippen LogP contribution in [0.25, 0.3) is 27.4 Å². The summed E-state index contributed by atoms with van der Waals surface area (Å²) in [6.07, 6.45) is 0. The zero-order valence-electron chi connectivity index (χ0n) is 15.5. The van der Waals surface area contributed by atoms with E-state index in [1.807, 2.05) is 41.8 Å². The Balaban J connectivity index is 1.43. The number of halogens is 1. The molecule has 9 heteroatoms. The highest BCUT2D eigenvalue weighted by atomic mass is 32.1. The number of nitrogens with one attached hydrogen (secondary N) is 2. The molecule has 0 fully saturated rings. The molecule has 0 saturated carbocycles. The van der Waals surface area contributed by atoms with E-state index in [0.717, 1.165) is 15.9 Å². The second-order valence-electron chi connectivity index (χ2n) is 6.51. The van der Waals surface area contributed by atoms with Crippen LogP contribution in [0.15, 0.2) is 66.0 Å². The summed E-state index contributed by atoms with van der Waals surface area (Å²) in [5, 5.41) is 9.02. The van der Waals surface area contributed by atoms with Crippen molar-refractivity contribution in [2.45, 2.75) is 6.54 Å². The zero-order valence-corrected chi connectivity index (χ0v) is 16.4. The largest absolute Gasteiger partial charge is 0.342 e. The molecule has 0 saturated heterocycles. The third-order valence-electron chi connectivity index (χ3n) is 4.46. The van der Waals surface area contributed by atoms with Crippen LogP contribution in [0.2, 0.25) is 0 Å². The van der Waals surface area contributed by atoms with Gasteiger partial charge in [0.15, 0.2) is 5.82 Å². The van der Waals surface area contributed by atoms with E-state index in [1.54, 1.807) is 12.1 Å². The molecule has 5 aromatic rings. The van der Waals surface area contributed by atoms with E-state index < -0.39 is 11.7 Å². The number of aromatic nitrogens is 5. The summed E-state index contributed by atoms with van der Waals surface area (Å²) in [4.78, 5) is 25.5. The van der Waals surface area contributed by atoms with Gasteiger partial charge in [0, 0.05) is 0 Å². The van der Waals surface area contributed by atoms with Gasteiger partial charge in [0.25, 0.3) is 5.91 Å². The van der Waals surface area contributed by atoms with E-state index in [0.29, 0.717) is 17.3 Å². The van der Waals surface area contributed by atoms with Crippen molar-refractivity contribution in [3.8, 4) is 16.4 Å². The Morgan fingerprint density at radius 1 is 1.10 bits per heavy atom. The van der Waals surface area contributed by atoms with Gasteiger partial charge >= 0.3 is 0 Å². The van der Waals surface area contributed by atoms with E-state index in [-0.39, 0.29) is 12.4 Å². The van der Waals surface area contributed by atoms with Gasteiger partial charge in [-0.3, -0.25) is 4.79 Å². The SMILES string of the molecule is O=C(NCc1nc2ccccc2[nH]1)c1nc(-c2cccs2)n(-c2cccc(F)c2)n1. The average Bonchev–Trinajstić information content (AvgIpc) is 3.50. The lowest BCUT2D eigenvalue weighted by molar-refractivity contribution is 0.0939. The fraction of sp³-hybridized carbons (Fsp3) is 0.0476. The number of nitrogens with zero attached hydrogens (tertiary/aromatic N) is 4. The average molecular weight is 418 g/mol. The van der Waals surface area contributed by atoms with Crippen LogP contribution in [0, 0.1) is 5.82 Å². The Morgan fingerprint density at radius 3 is 2.80 bits per heavy atom. The number of imidazole rings is 1. The van der Waals surface area contributed by atoms with Crippen molar-refractivity contribution in [3.05, 3.63) is 83.5 Å². The van der Waals surface area contributed by atoms with Crippen molar-refractivity contribution in [2.24, 2.45) is 0 Å². The van der Waals surface area contributed by atoms with E-state index in [1.165, 1.54) is 28.2 Å². The standard InChI is InChI=1S/C21H15FN6OS/c22-13-5-3-6-14(11-13)28-20(17-9-4-10-30-17)26-19(27-28)21(29)23-12-18-24-15-7-1-2-8-16(15)25-18/h1-11H,12H2,(H,23,29)(H,24,25). The van der Waals surface area contributed by atoms with E-state index >= 15 is 0 Å². The first-order valence-electron chi connectivity index (χ1n) is 9.16. The predicted molar refractivity (Wildman–Crippen MR) is 112 cm³/mol. The van der Waals surface area contributed by atoms with Gasteiger partial charge in [-0.1, -0.05) is 24.3 Å². The summed E-state index contributed by atoms with van der Waals surface area (Å²) in [5.41, 5.74) is 2.22. The van der Waals surface area contributed by atoms with Crippen LogP contribution in [0.3, 0.4) is 0 Å². The maximum atomic E-state index is 13.7. The molecule has 0 spiro atoms. The molecule has 2 N–H and O–H groups in total. The lowest BCUT2D eigenvalue weighted by Crippen LogP contribution is -2.24. The van der Waals surface area contributed by atoms with Gasteiger partial charge in [0.1, 0.15) is 11.6 Å². The van der Waals surface area contributed by atoms with Gasteiger partial charge in [-0.15, -0.1) is 16.4 Å². The number of rotatable bonds is 5. The van der Waals surface area contributed by atoms with Gasteiger partial charge in [0.05, 0.1) is 28.1 Å². The molecule has 5 rings (SSSR count). The molecule has 0 aliphatic heterocycles. The van der Waals surface area contributed by atoms with E-state index in [4.69, 9.17) is 0 Å². The molecular weight excluding hydrogens is 403 g/mol. The number of benzene rings is 2. The summed E-state index contributed by atoms with van der Waals surface area (Å²) in [7, 11) is 0. The van der Waals surface area contributed by atoms with Crippen molar-refractivity contribution in [1.82, 2.24) is 30.0 Å². The topological polar surface area (TPSA) is 88.5 Å². The van der Waals surface area contributed by atoms with Crippen LogP contribution < -0.4 is 5.32 Å². The number of amides is 1. The molecule has 3 aromatic heterocycles. The monoisotopic (exact) mass is 418 g/mol. The molecule has 0 aliphatic rings. The van der Waals surface area contributed by atoms with E-state index in [2.05, 4.69) is 25.4 Å². The third-order valence-corrected chi connectivity index (χ3v) is 5.33. The first-order valence-corrected chi connectivity index (χ1v) is 10.0. The number of carbonyl (C=O) groups excluding carboxylic acids is 1. The number of para-hydroxylation sites is 2. The summed E-state index contributed by atoms with van der Waals surface area (Å²) >= 11 is 1.46. The lowest BCUT2D eigenvalue weighted by Gasteiger charge is -2.04. The van der Waals surface area contributed by atoms with Crippen LogP contribution in [0.1, 0.15) is 16.4 Å². The molecule has 3 heterocycles. The smallest absolute Gasteiger partial charge is 0.291 e. The van der Waals surface area contributed by atoms with Gasteiger partial charge in [0.2, 0.25) is 5.82 Å². The number of fused-ring (bicyclic) bond motifs is 1. The number of H-pyrrole nitrogens is 1. The van der Waals surface area contributed by atoms with Gasteiger partial charge in [-0.25, -0.2) is 19.0 Å². The highest BCUT2D eigenvalue weighted by Gasteiger charge is 2.20. The number of aromatic amines is 1. The van der Waals surface area contributed by atoms with Crippen LogP contribution in [0.5, 0.6) is 0 Å². The minimum absolute atomic E-state index is 0.00114. The fourth-order valence-electron chi connectivity index (χ4n) is 3.09. The summed E-state index contributed by atoms with van der Waals surface area (Å²) in [5.74, 6) is 0.273. The molecule has 0 bridgehead atoms. The molecule has 7 nitrogen and oxygen atoms in total. The van der Waals surface area contributed by atoms with Crippen molar-refractivity contribution >= 4 is 28.3 Å². The number of hydrogen-bond acceptors (Lipinski definition) is 5. The maximum absolute atomic E-state index is 13.7. The van der Waals surface area contributed by atoms with Crippen LogP contribution >= 0.6 is 11.3 Å². The van der Waals surface area contributed by atoms with Crippen molar-refractivity contribution in [2.75, 3.05) is 0 Å². The first kappa shape index (κ1) is 18.2. The Kier molecular flexibility index (Phi) is 4.56. The van der Waals surface area contributed by atoms with Crippen LogP contribution in [0.4, 0.5) is 4.39 Å². The summed E-state index contributed by atoms with van der Waals surface area (Å²) in [6, 6.07) is 17.4. The Morgan fingerprint density at radius 2 is 2.00 bits per heavy atom. The molecule has 0 radical (unpaired) electrons. The van der Waals surface area contributed by atoms with Crippen LogP contribution in [-0.4, -0.2) is 30.6 Å². The number of carbonyl (C=O) groups is 1. The summed E-state index contributed by atoms with van der Waals surface area (Å²) < 4.78 is 15.2. The molecule has 2 aromatic carbocycles. The van der Waals surface area contributed by atoms with Crippen molar-refractivity contribution < 1.29 is 9.18 Å². The quantitative estimate of drug-likeness (QED) is 0.453. The second kappa shape index (κ2) is 7.53. The van der Waals surface area contributed by atoms with Crippen molar-refractivity contribution in [3.63, 3.8) is 0 Å². The molecule has 30 heavy (non-hydrogen) atoms. The van der Waals surface area contributed by atoms with E-state index in [9.17, 15) is 9.18 Å². The highest BCUT2D eigenvalue weighted by molar-refractivity contribution is 7.13.